The molecule has 2 aromatic heterocycles. The average molecular weight is 475 g/mol. The van der Waals surface area contributed by atoms with Crippen molar-refractivity contribution in [2.45, 2.75) is 26.0 Å². The van der Waals surface area contributed by atoms with E-state index in [4.69, 9.17) is 9.72 Å². The zero-order valence-corrected chi connectivity index (χ0v) is 20.2. The van der Waals surface area contributed by atoms with Crippen LogP contribution >= 0.6 is 11.3 Å². The van der Waals surface area contributed by atoms with Crippen LogP contribution in [-0.4, -0.2) is 71.2 Å². The molecule has 0 unspecified atom stereocenters. The number of likely N-dealkylation sites (tertiary alicyclic amines) is 1. The van der Waals surface area contributed by atoms with E-state index < -0.39 is 0 Å². The number of thiazole rings is 1. The van der Waals surface area contributed by atoms with Gasteiger partial charge >= 0.3 is 6.03 Å². The first-order chi connectivity index (χ1) is 16.4. The smallest absolute Gasteiger partial charge is 0.323 e. The summed E-state index contributed by atoms with van der Waals surface area (Å²) < 4.78 is 5.88. The highest BCUT2D eigenvalue weighted by molar-refractivity contribution is 7.19. The van der Waals surface area contributed by atoms with E-state index in [1.807, 2.05) is 44.2 Å². The van der Waals surface area contributed by atoms with E-state index in [1.165, 1.54) is 11.3 Å². The molecule has 0 bridgehead atoms. The summed E-state index contributed by atoms with van der Waals surface area (Å²) in [5.41, 5.74) is 4.94. The second-order valence-corrected chi connectivity index (χ2v) is 9.82. The predicted octanol–water partition coefficient (Wildman–Crippen LogP) is 3.91. The largest absolute Gasteiger partial charge is 0.373 e. The number of pyridine rings is 1. The van der Waals surface area contributed by atoms with Crippen LogP contribution in [0.25, 0.3) is 21.7 Å². The van der Waals surface area contributed by atoms with E-state index in [2.05, 4.69) is 28.3 Å². The maximum atomic E-state index is 13.1. The van der Waals surface area contributed by atoms with Crippen LogP contribution in [0.4, 0.5) is 9.93 Å². The molecule has 2 aliphatic rings. The molecule has 2 amide bonds. The second-order valence-electron chi connectivity index (χ2n) is 8.82. The van der Waals surface area contributed by atoms with Crippen LogP contribution in [0.15, 0.2) is 36.4 Å². The van der Waals surface area contributed by atoms with Gasteiger partial charge < -0.3 is 9.64 Å². The monoisotopic (exact) mass is 474 g/mol. The van der Waals surface area contributed by atoms with Crippen molar-refractivity contribution in [2.75, 3.05) is 38.6 Å². The van der Waals surface area contributed by atoms with Gasteiger partial charge in [0.2, 0.25) is 0 Å². The summed E-state index contributed by atoms with van der Waals surface area (Å²) in [5, 5.41) is 12.9. The standard InChI is InChI=1S/C25H26N6O2S/c1-15-9-19(10-16(2)27-15)23-22(18-6-4-5-17(11-18)12-26)28-24(34-23)29-25(32)31-13-20-21(14-31)33-8-7-30(20)3/h4-6,9-11,20-21H,7-8,13-14H2,1-3H3,(H,28,29,32)/t20-,21+/m1/s1. The van der Waals surface area contributed by atoms with Gasteiger partial charge in [0.25, 0.3) is 0 Å². The number of carbonyl (C=O) groups is 1. The number of anilines is 1. The second kappa shape index (κ2) is 9.14. The highest BCUT2D eigenvalue weighted by Gasteiger charge is 2.40. The maximum Gasteiger partial charge on any atom is 0.323 e. The van der Waals surface area contributed by atoms with Crippen molar-refractivity contribution in [2.24, 2.45) is 0 Å². The number of morpholine rings is 1. The molecule has 5 rings (SSSR count). The fourth-order valence-corrected chi connectivity index (χ4v) is 5.63. The Morgan fingerprint density at radius 3 is 2.71 bits per heavy atom. The van der Waals surface area contributed by atoms with Gasteiger partial charge in [-0.05, 0) is 50.7 Å². The van der Waals surface area contributed by atoms with Crippen molar-refractivity contribution in [3.8, 4) is 27.8 Å². The number of amides is 2. The number of nitrogens with zero attached hydrogens (tertiary/aromatic N) is 5. The lowest BCUT2D eigenvalue weighted by Gasteiger charge is -2.33. The first kappa shape index (κ1) is 22.5. The molecule has 1 aromatic carbocycles. The number of nitriles is 1. The lowest BCUT2D eigenvalue weighted by atomic mass is 10.0. The van der Waals surface area contributed by atoms with Crippen LogP contribution < -0.4 is 5.32 Å². The lowest BCUT2D eigenvalue weighted by Crippen LogP contribution is -2.48. The van der Waals surface area contributed by atoms with Crippen LogP contribution in [0, 0.1) is 25.2 Å². The van der Waals surface area contributed by atoms with Crippen molar-refractivity contribution >= 4 is 22.5 Å². The first-order valence-electron chi connectivity index (χ1n) is 11.3. The normalized spacial score (nSPS) is 20.1. The van der Waals surface area contributed by atoms with Gasteiger partial charge in [0, 0.05) is 30.0 Å². The van der Waals surface area contributed by atoms with E-state index in [-0.39, 0.29) is 18.2 Å². The van der Waals surface area contributed by atoms with Crippen LogP contribution in [0.2, 0.25) is 0 Å². The molecular formula is C25H26N6O2S. The summed E-state index contributed by atoms with van der Waals surface area (Å²) in [6.45, 7) is 6.69. The Kier molecular flexibility index (Phi) is 6.04. The number of rotatable bonds is 3. The molecule has 0 saturated carbocycles. The minimum Gasteiger partial charge on any atom is -0.373 e. The van der Waals surface area contributed by atoms with Crippen molar-refractivity contribution in [1.29, 1.82) is 5.26 Å². The Hall–Kier alpha value is -3.32. The molecule has 0 radical (unpaired) electrons. The number of hydrogen-bond donors (Lipinski definition) is 1. The van der Waals surface area contributed by atoms with Crippen molar-refractivity contribution in [3.05, 3.63) is 53.3 Å². The molecule has 174 valence electrons. The van der Waals surface area contributed by atoms with E-state index in [1.54, 1.807) is 11.0 Å². The van der Waals surface area contributed by atoms with Crippen LogP contribution in [0.3, 0.4) is 0 Å². The zero-order chi connectivity index (χ0) is 23.8. The van der Waals surface area contributed by atoms with Gasteiger partial charge in [-0.15, -0.1) is 0 Å². The number of fused-ring (bicyclic) bond motifs is 1. The number of benzene rings is 1. The van der Waals surface area contributed by atoms with Gasteiger partial charge in [-0.3, -0.25) is 15.2 Å². The quantitative estimate of drug-likeness (QED) is 0.619. The molecule has 9 heteroatoms. The Morgan fingerprint density at radius 1 is 1.18 bits per heavy atom. The Balaban J connectivity index is 1.47. The summed E-state index contributed by atoms with van der Waals surface area (Å²) in [7, 11) is 2.08. The molecule has 2 aliphatic heterocycles. The maximum absolute atomic E-state index is 13.1. The molecule has 2 atom stereocenters. The number of ether oxygens (including phenoxy) is 1. The third-order valence-corrected chi connectivity index (χ3v) is 7.34. The minimum atomic E-state index is -0.175. The molecule has 34 heavy (non-hydrogen) atoms. The Bertz CT molecular complexity index is 1260. The van der Waals surface area contributed by atoms with E-state index in [0.29, 0.717) is 30.4 Å². The summed E-state index contributed by atoms with van der Waals surface area (Å²) in [6, 6.07) is 13.6. The predicted molar refractivity (Wildman–Crippen MR) is 132 cm³/mol. The van der Waals surface area contributed by atoms with Gasteiger partial charge in [0.05, 0.1) is 47.5 Å². The van der Waals surface area contributed by atoms with Gasteiger partial charge in [-0.25, -0.2) is 9.78 Å². The van der Waals surface area contributed by atoms with E-state index in [9.17, 15) is 10.1 Å². The van der Waals surface area contributed by atoms with Gasteiger partial charge in [0.15, 0.2) is 5.13 Å². The minimum absolute atomic E-state index is 0.0448. The van der Waals surface area contributed by atoms with Crippen molar-refractivity contribution < 1.29 is 9.53 Å². The molecule has 1 N–H and O–H groups in total. The number of aromatic nitrogens is 2. The number of hydrogen-bond acceptors (Lipinski definition) is 7. The molecule has 0 aliphatic carbocycles. The number of urea groups is 1. The molecular weight excluding hydrogens is 448 g/mol. The molecule has 0 spiro atoms. The highest BCUT2D eigenvalue weighted by Crippen LogP contribution is 2.40. The molecule has 8 nitrogen and oxygen atoms in total. The summed E-state index contributed by atoms with van der Waals surface area (Å²) in [5.74, 6) is 0. The SMILES string of the molecule is Cc1cc(-c2sc(NC(=O)N3C[C@@H]4OCCN(C)[C@@H]4C3)nc2-c2cccc(C#N)c2)cc(C)n1. The number of aryl methyl sites for hydroxylation is 2. The third-order valence-electron chi connectivity index (χ3n) is 6.32. The van der Waals surface area contributed by atoms with Gasteiger partial charge in [-0.2, -0.15) is 5.26 Å². The first-order valence-corrected chi connectivity index (χ1v) is 12.1. The summed E-state index contributed by atoms with van der Waals surface area (Å²) in [6.07, 6.45) is 0.0448. The van der Waals surface area contributed by atoms with Crippen LogP contribution in [-0.2, 0) is 4.74 Å². The lowest BCUT2D eigenvalue weighted by molar-refractivity contribution is -0.0367. The zero-order valence-electron chi connectivity index (χ0n) is 19.4. The Labute approximate surface area is 202 Å². The van der Waals surface area contributed by atoms with Crippen LogP contribution in [0.1, 0.15) is 17.0 Å². The molecule has 3 aromatic rings. The fraction of sp³-hybridized carbons (Fsp3) is 0.360. The Morgan fingerprint density at radius 2 is 1.97 bits per heavy atom. The number of nitrogens with one attached hydrogen (secondary N) is 1. The van der Waals surface area contributed by atoms with E-state index in [0.717, 1.165) is 39.6 Å². The van der Waals surface area contributed by atoms with Crippen LogP contribution in [0.5, 0.6) is 0 Å². The van der Waals surface area contributed by atoms with Gasteiger partial charge in [-0.1, -0.05) is 23.5 Å². The topological polar surface area (TPSA) is 94.4 Å². The number of carbonyl (C=O) groups excluding carboxylic acids is 1. The molecule has 2 fully saturated rings. The molecule has 2 saturated heterocycles. The number of likely N-dealkylation sites (N-methyl/N-ethyl adjacent to an activating group) is 1. The van der Waals surface area contributed by atoms with E-state index >= 15 is 0 Å². The summed E-state index contributed by atoms with van der Waals surface area (Å²) in [4.78, 5) is 27.4. The summed E-state index contributed by atoms with van der Waals surface area (Å²) >= 11 is 1.43. The van der Waals surface area contributed by atoms with Gasteiger partial charge in [0.1, 0.15) is 0 Å². The average Bonchev–Trinajstić information content (AvgIpc) is 3.44. The van der Waals surface area contributed by atoms with Crippen molar-refractivity contribution in [3.63, 3.8) is 0 Å². The fourth-order valence-electron chi connectivity index (χ4n) is 4.66. The molecule has 4 heterocycles. The third kappa shape index (κ3) is 4.40. The van der Waals surface area contributed by atoms with Crippen molar-refractivity contribution in [1.82, 2.24) is 19.8 Å². The highest BCUT2D eigenvalue weighted by atomic mass is 32.1.